The number of hydrogen-bond donors (Lipinski definition) is 1. The third-order valence-corrected chi connectivity index (χ3v) is 1.90. The Morgan fingerprint density at radius 1 is 1.31 bits per heavy atom. The van der Waals surface area contributed by atoms with Gasteiger partial charge in [-0.2, -0.15) is 0 Å². The van der Waals surface area contributed by atoms with E-state index in [4.69, 9.17) is 0 Å². The summed E-state index contributed by atoms with van der Waals surface area (Å²) in [6.45, 7) is 1.23. The molecule has 1 aromatic rings. The van der Waals surface area contributed by atoms with Crippen LogP contribution in [0.3, 0.4) is 0 Å². The predicted octanol–water partition coefficient (Wildman–Crippen LogP) is 1.56. The molecule has 5 heteroatoms. The maximum atomic E-state index is 13.1. The highest BCUT2D eigenvalue weighted by Crippen LogP contribution is 2.08. The average molecular weight is 227 g/mol. The zero-order valence-electron chi connectivity index (χ0n) is 8.72. The Labute approximate surface area is 91.5 Å². The molecule has 0 aliphatic rings. The summed E-state index contributed by atoms with van der Waals surface area (Å²) in [4.78, 5) is 21.7. The largest absolute Gasteiger partial charge is 0.352 e. The number of rotatable bonds is 4. The van der Waals surface area contributed by atoms with Gasteiger partial charge in [-0.1, -0.05) is 6.07 Å². The van der Waals surface area contributed by atoms with E-state index >= 15 is 0 Å². The van der Waals surface area contributed by atoms with Crippen LogP contribution in [0.15, 0.2) is 18.2 Å². The van der Waals surface area contributed by atoms with E-state index in [0.717, 1.165) is 12.1 Å². The minimum absolute atomic E-state index is 0.0573. The first kappa shape index (κ1) is 12.3. The van der Waals surface area contributed by atoms with Gasteiger partial charge in [0.25, 0.3) is 0 Å². The van der Waals surface area contributed by atoms with Crippen molar-refractivity contribution >= 4 is 11.7 Å². The van der Waals surface area contributed by atoms with Crippen LogP contribution >= 0.6 is 0 Å². The van der Waals surface area contributed by atoms with E-state index in [2.05, 4.69) is 5.32 Å². The summed E-state index contributed by atoms with van der Waals surface area (Å²) in [5.74, 6) is -2.13. The molecule has 0 heterocycles. The standard InChI is InChI=1S/C11H11F2NO2/c1-7(15)4-11(16)14-6-8-2-3-9(12)5-10(8)13/h2-3,5H,4,6H2,1H3,(H,14,16). The van der Waals surface area contributed by atoms with E-state index < -0.39 is 17.5 Å². The van der Waals surface area contributed by atoms with Crippen LogP contribution < -0.4 is 5.32 Å². The highest BCUT2D eigenvalue weighted by molar-refractivity contribution is 5.96. The Morgan fingerprint density at radius 3 is 2.56 bits per heavy atom. The first-order valence-electron chi connectivity index (χ1n) is 4.69. The van der Waals surface area contributed by atoms with Gasteiger partial charge in [0, 0.05) is 18.2 Å². The van der Waals surface area contributed by atoms with E-state index in [1.807, 2.05) is 0 Å². The van der Waals surface area contributed by atoms with Crippen LogP contribution in [0.25, 0.3) is 0 Å². The number of amides is 1. The summed E-state index contributed by atoms with van der Waals surface area (Å²) in [6, 6.07) is 3.10. The fraction of sp³-hybridized carbons (Fsp3) is 0.273. The highest BCUT2D eigenvalue weighted by atomic mass is 19.1. The SMILES string of the molecule is CC(=O)CC(=O)NCc1ccc(F)cc1F. The minimum atomic E-state index is -0.719. The molecular formula is C11H11F2NO2. The number of nitrogens with one attached hydrogen (secondary N) is 1. The molecule has 0 atom stereocenters. The van der Waals surface area contributed by atoms with E-state index in [0.29, 0.717) is 0 Å². The van der Waals surface area contributed by atoms with Gasteiger partial charge in [-0.05, 0) is 13.0 Å². The lowest BCUT2D eigenvalue weighted by atomic mass is 10.2. The molecule has 0 radical (unpaired) electrons. The summed E-state index contributed by atoms with van der Waals surface area (Å²) in [5.41, 5.74) is 0.179. The molecule has 0 aliphatic carbocycles. The van der Waals surface area contributed by atoms with Gasteiger partial charge < -0.3 is 5.32 Å². The second-order valence-electron chi connectivity index (χ2n) is 3.39. The van der Waals surface area contributed by atoms with Crippen molar-refractivity contribution in [3.63, 3.8) is 0 Å². The van der Waals surface area contributed by atoms with Gasteiger partial charge in [0.2, 0.25) is 5.91 Å². The normalized spacial score (nSPS) is 9.94. The van der Waals surface area contributed by atoms with Gasteiger partial charge >= 0.3 is 0 Å². The van der Waals surface area contributed by atoms with E-state index in [9.17, 15) is 18.4 Å². The molecular weight excluding hydrogens is 216 g/mol. The predicted molar refractivity (Wildman–Crippen MR) is 53.5 cm³/mol. The molecule has 0 saturated carbocycles. The number of ketones is 1. The Hall–Kier alpha value is -1.78. The third-order valence-electron chi connectivity index (χ3n) is 1.90. The van der Waals surface area contributed by atoms with Gasteiger partial charge in [-0.25, -0.2) is 8.78 Å². The summed E-state index contributed by atoms with van der Waals surface area (Å²) in [6.07, 6.45) is -0.233. The summed E-state index contributed by atoms with van der Waals surface area (Å²) >= 11 is 0. The minimum Gasteiger partial charge on any atom is -0.352 e. The summed E-state index contributed by atoms with van der Waals surface area (Å²) in [5, 5.41) is 2.37. The molecule has 0 aromatic heterocycles. The van der Waals surface area contributed by atoms with Crippen LogP contribution in [0.5, 0.6) is 0 Å². The molecule has 1 rings (SSSR count). The quantitative estimate of drug-likeness (QED) is 0.793. The van der Waals surface area contributed by atoms with Crippen molar-refractivity contribution in [1.29, 1.82) is 0 Å². The topological polar surface area (TPSA) is 46.2 Å². The van der Waals surface area contributed by atoms with E-state index in [-0.39, 0.29) is 24.3 Å². The molecule has 3 nitrogen and oxygen atoms in total. The molecule has 1 amide bonds. The average Bonchev–Trinajstić information content (AvgIpc) is 2.15. The molecule has 1 aromatic carbocycles. The Bertz CT molecular complexity index is 418. The number of carbonyl (C=O) groups is 2. The monoisotopic (exact) mass is 227 g/mol. The van der Waals surface area contributed by atoms with Gasteiger partial charge in [0.05, 0.1) is 6.42 Å². The Balaban J connectivity index is 2.54. The molecule has 0 aliphatic heterocycles. The molecule has 16 heavy (non-hydrogen) atoms. The smallest absolute Gasteiger partial charge is 0.227 e. The van der Waals surface area contributed by atoms with Crippen molar-refractivity contribution in [3.8, 4) is 0 Å². The Morgan fingerprint density at radius 2 is 2.00 bits per heavy atom. The van der Waals surface area contributed by atoms with Crippen LogP contribution in [-0.4, -0.2) is 11.7 Å². The maximum absolute atomic E-state index is 13.1. The molecule has 0 saturated heterocycles. The van der Waals surface area contributed by atoms with Crippen LogP contribution in [0.4, 0.5) is 8.78 Å². The van der Waals surface area contributed by atoms with E-state index in [1.165, 1.54) is 13.0 Å². The lowest BCUT2D eigenvalue weighted by Crippen LogP contribution is -2.24. The van der Waals surface area contributed by atoms with Crippen molar-refractivity contribution in [2.45, 2.75) is 19.9 Å². The van der Waals surface area contributed by atoms with E-state index in [1.54, 1.807) is 0 Å². The fourth-order valence-electron chi connectivity index (χ4n) is 1.15. The number of Topliss-reactive ketones (excluding diaryl/α,β-unsaturated/α-hetero) is 1. The first-order chi connectivity index (χ1) is 7.49. The number of carbonyl (C=O) groups excluding carboxylic acids is 2. The Kier molecular flexibility index (Phi) is 4.10. The zero-order valence-corrected chi connectivity index (χ0v) is 8.72. The third kappa shape index (κ3) is 3.76. The molecule has 0 fully saturated rings. The number of hydrogen-bond acceptors (Lipinski definition) is 2. The van der Waals surface area contributed by atoms with Crippen molar-refractivity contribution in [1.82, 2.24) is 5.32 Å². The van der Waals surface area contributed by atoms with Crippen molar-refractivity contribution in [3.05, 3.63) is 35.4 Å². The van der Waals surface area contributed by atoms with Crippen molar-refractivity contribution in [2.75, 3.05) is 0 Å². The molecule has 0 unspecified atom stereocenters. The summed E-state index contributed by atoms with van der Waals surface area (Å²) < 4.78 is 25.7. The second kappa shape index (κ2) is 5.34. The second-order valence-corrected chi connectivity index (χ2v) is 3.39. The van der Waals surface area contributed by atoms with Gasteiger partial charge in [0.1, 0.15) is 17.4 Å². The molecule has 0 spiro atoms. The first-order valence-corrected chi connectivity index (χ1v) is 4.69. The van der Waals surface area contributed by atoms with Gasteiger partial charge in [-0.15, -0.1) is 0 Å². The number of benzene rings is 1. The highest BCUT2D eigenvalue weighted by Gasteiger charge is 2.07. The van der Waals surface area contributed by atoms with Crippen LogP contribution in [0, 0.1) is 11.6 Å². The number of halogens is 2. The van der Waals surface area contributed by atoms with Crippen LogP contribution in [0.1, 0.15) is 18.9 Å². The van der Waals surface area contributed by atoms with Gasteiger partial charge in [-0.3, -0.25) is 9.59 Å². The lowest BCUT2D eigenvalue weighted by Gasteiger charge is -2.05. The van der Waals surface area contributed by atoms with Gasteiger partial charge in [0.15, 0.2) is 0 Å². The molecule has 1 N–H and O–H groups in total. The fourth-order valence-corrected chi connectivity index (χ4v) is 1.15. The van der Waals surface area contributed by atoms with Crippen LogP contribution in [-0.2, 0) is 16.1 Å². The van der Waals surface area contributed by atoms with Crippen molar-refractivity contribution < 1.29 is 18.4 Å². The zero-order chi connectivity index (χ0) is 12.1. The lowest BCUT2D eigenvalue weighted by molar-refractivity contribution is -0.127. The van der Waals surface area contributed by atoms with Crippen molar-refractivity contribution in [2.24, 2.45) is 0 Å². The summed E-state index contributed by atoms with van der Waals surface area (Å²) in [7, 11) is 0. The van der Waals surface area contributed by atoms with Crippen LogP contribution in [0.2, 0.25) is 0 Å². The molecule has 86 valence electrons. The molecule has 0 bridgehead atoms. The maximum Gasteiger partial charge on any atom is 0.227 e.